The van der Waals surface area contributed by atoms with Crippen LogP contribution in [0.3, 0.4) is 0 Å². The third-order valence-electron chi connectivity index (χ3n) is 22.8. The predicted octanol–water partition coefficient (Wildman–Crippen LogP) is 29.8. The molecule has 0 atom stereocenters. The molecule has 0 radical (unpaired) electrons. The molecule has 0 saturated heterocycles. The van der Waals surface area contributed by atoms with E-state index in [1.807, 2.05) is 12.1 Å². The van der Waals surface area contributed by atoms with Crippen LogP contribution in [0.2, 0.25) is 0 Å². The van der Waals surface area contributed by atoms with Gasteiger partial charge in [-0.1, -0.05) is 340 Å². The number of rotatable bonds is 10. The van der Waals surface area contributed by atoms with Crippen molar-refractivity contribution in [2.75, 3.05) is 0 Å². The molecule has 0 aliphatic rings. The van der Waals surface area contributed by atoms with Crippen LogP contribution in [-0.4, -0.2) is 8.42 Å². The minimum absolute atomic E-state index is 0.266. The van der Waals surface area contributed by atoms with Crippen molar-refractivity contribution in [1.29, 1.82) is 0 Å². The fourth-order valence-electron chi connectivity index (χ4n) is 18.3. The normalized spacial score (nSPS) is 12.1. The van der Waals surface area contributed by atoms with Crippen LogP contribution in [-0.2, 0) is 9.84 Å². The summed E-state index contributed by atoms with van der Waals surface area (Å²) >= 11 is 3.35. The average molecular weight is 1440 g/mol. The molecule has 22 rings (SSSR count). The molecule has 109 heavy (non-hydrogen) atoms. The van der Waals surface area contributed by atoms with Crippen LogP contribution >= 0.6 is 22.7 Å². The molecule has 2 heterocycles. The van der Waals surface area contributed by atoms with Gasteiger partial charge in [0, 0.05) is 40.3 Å². The Morgan fingerprint density at radius 2 is 0.339 bits per heavy atom. The van der Waals surface area contributed by atoms with Crippen LogP contribution in [0.25, 0.3) is 216 Å². The van der Waals surface area contributed by atoms with Gasteiger partial charge in [0.2, 0.25) is 9.84 Å². The zero-order valence-corrected chi connectivity index (χ0v) is 61.3. The lowest BCUT2D eigenvalue weighted by Crippen LogP contribution is -2.05. The van der Waals surface area contributed by atoms with E-state index in [9.17, 15) is 0 Å². The fourth-order valence-corrected chi connectivity index (χ4v) is 22.6. The van der Waals surface area contributed by atoms with Crippen LogP contribution in [0.4, 0.5) is 0 Å². The number of hydrogen-bond donors (Lipinski definition) is 0. The van der Waals surface area contributed by atoms with Crippen molar-refractivity contribution in [3.8, 4) is 89.0 Å². The first-order valence-corrected chi connectivity index (χ1v) is 40.2. The van der Waals surface area contributed by atoms with Crippen LogP contribution in [0.1, 0.15) is 0 Å². The summed E-state index contributed by atoms with van der Waals surface area (Å²) < 4.78 is 40.0. The number of benzene rings is 20. The maximum absolute atomic E-state index is 18.1. The van der Waals surface area contributed by atoms with E-state index in [0.29, 0.717) is 10.8 Å². The molecule has 5 heteroatoms. The molecule has 2 nitrogen and oxygen atoms in total. The third-order valence-corrected chi connectivity index (χ3v) is 26.8. The maximum Gasteiger partial charge on any atom is 0.207 e. The minimum Gasteiger partial charge on any atom is -0.218 e. The molecule has 508 valence electrons. The van der Waals surface area contributed by atoms with Gasteiger partial charge in [0.25, 0.3) is 0 Å². The van der Waals surface area contributed by atoms with Crippen molar-refractivity contribution in [2.45, 2.75) is 9.79 Å². The van der Waals surface area contributed by atoms with Crippen LogP contribution in [0.15, 0.2) is 386 Å². The molecule has 0 amide bonds. The molecule has 0 bridgehead atoms. The summed E-state index contributed by atoms with van der Waals surface area (Å²) in [4.78, 5) is 0.532. The number of hydrogen-bond acceptors (Lipinski definition) is 4. The second-order valence-electron chi connectivity index (χ2n) is 28.7. The maximum atomic E-state index is 18.1. The summed E-state index contributed by atoms with van der Waals surface area (Å²) in [6.07, 6.45) is 0. The van der Waals surface area contributed by atoms with Gasteiger partial charge in [-0.15, -0.1) is 22.7 Å². The first-order chi connectivity index (χ1) is 53.9. The SMILES string of the molecule is O=S(=O)(c1cc(-c2c3ccccc3c(-c3ccccc3)c3ccccc23)cc2sc3cc(-c4c5ccccc5c(-c5ccccc5)c5ccccc45)ccc3c12)c1cc(-c2c3ccccc3c(-c3ccccc3)c3ccccc23)cc2sc3cc(-c4c5ccccc5c(-c5ccccc5)c5ccccc45)ccc3c12. The van der Waals surface area contributed by atoms with E-state index in [1.165, 1.54) is 43.8 Å². The van der Waals surface area contributed by atoms with Gasteiger partial charge in [-0.2, -0.15) is 0 Å². The van der Waals surface area contributed by atoms with E-state index in [-0.39, 0.29) is 9.79 Å². The fraction of sp³-hybridized carbons (Fsp3) is 0. The highest BCUT2D eigenvalue weighted by molar-refractivity contribution is 7.92. The molecule has 0 unspecified atom stereocenters. The Bertz CT molecular complexity index is 7030. The number of sulfone groups is 1. The Morgan fingerprint density at radius 1 is 0.156 bits per heavy atom. The zero-order valence-electron chi connectivity index (χ0n) is 58.8. The second kappa shape index (κ2) is 25.0. The molecule has 0 N–H and O–H groups in total. The number of fused-ring (bicyclic) bond motifs is 14. The first kappa shape index (κ1) is 63.2. The van der Waals surface area contributed by atoms with Crippen LogP contribution < -0.4 is 0 Å². The lowest BCUT2D eigenvalue weighted by molar-refractivity contribution is 0.598. The Labute approximate surface area is 637 Å². The molecule has 0 spiro atoms. The summed E-state index contributed by atoms with van der Waals surface area (Å²) in [5.41, 5.74) is 17.3. The summed E-state index contributed by atoms with van der Waals surface area (Å²) in [5, 5.41) is 21.0. The van der Waals surface area contributed by atoms with Gasteiger partial charge in [-0.3, -0.25) is 0 Å². The summed E-state index contributed by atoms with van der Waals surface area (Å²) in [7, 11) is -4.58. The first-order valence-electron chi connectivity index (χ1n) is 37.1. The van der Waals surface area contributed by atoms with Crippen molar-refractivity contribution in [2.24, 2.45) is 0 Å². The molecule has 0 aliphatic heterocycles. The monoisotopic (exact) mass is 1440 g/mol. The topological polar surface area (TPSA) is 34.1 Å². The van der Waals surface area contributed by atoms with Gasteiger partial charge < -0.3 is 0 Å². The Kier molecular flexibility index (Phi) is 14.5. The van der Waals surface area contributed by atoms with E-state index < -0.39 is 9.84 Å². The zero-order chi connectivity index (χ0) is 72.0. The lowest BCUT2D eigenvalue weighted by atomic mass is 9.85. The van der Waals surface area contributed by atoms with E-state index in [4.69, 9.17) is 0 Å². The predicted molar refractivity (Wildman–Crippen MR) is 468 cm³/mol. The summed E-state index contributed by atoms with van der Waals surface area (Å²) in [6.45, 7) is 0. The molecule has 20 aromatic carbocycles. The van der Waals surface area contributed by atoms with E-state index >= 15 is 8.42 Å². The van der Waals surface area contributed by atoms with Gasteiger partial charge in [-0.05, 0) is 212 Å². The van der Waals surface area contributed by atoms with E-state index in [1.54, 1.807) is 22.7 Å². The van der Waals surface area contributed by atoms with Gasteiger partial charge in [0.15, 0.2) is 0 Å². The van der Waals surface area contributed by atoms with Gasteiger partial charge in [0.05, 0.1) is 9.79 Å². The van der Waals surface area contributed by atoms with Gasteiger partial charge in [-0.25, -0.2) is 8.42 Å². The summed E-state index contributed by atoms with van der Waals surface area (Å²) in [5.74, 6) is 0. The van der Waals surface area contributed by atoms with E-state index in [2.05, 4.69) is 364 Å². The molecular formula is C104H62O2S3. The largest absolute Gasteiger partial charge is 0.218 e. The minimum atomic E-state index is -4.58. The Balaban J connectivity index is 0.845. The molecule has 0 fully saturated rings. The molecule has 0 aliphatic carbocycles. The molecular weight excluding hydrogens is 1380 g/mol. The highest BCUT2D eigenvalue weighted by Gasteiger charge is 2.32. The quantitative estimate of drug-likeness (QED) is 0.128. The highest BCUT2D eigenvalue weighted by Crippen LogP contribution is 2.54. The lowest BCUT2D eigenvalue weighted by Gasteiger charge is -2.20. The van der Waals surface area contributed by atoms with Gasteiger partial charge in [0.1, 0.15) is 0 Å². The van der Waals surface area contributed by atoms with Crippen molar-refractivity contribution >= 4 is 159 Å². The van der Waals surface area contributed by atoms with Gasteiger partial charge >= 0.3 is 0 Å². The van der Waals surface area contributed by atoms with Crippen LogP contribution in [0.5, 0.6) is 0 Å². The second-order valence-corrected chi connectivity index (χ2v) is 32.7. The number of thiophene rings is 2. The van der Waals surface area contributed by atoms with E-state index in [0.717, 1.165) is 161 Å². The van der Waals surface area contributed by atoms with Crippen molar-refractivity contribution < 1.29 is 8.42 Å². The molecule has 0 saturated carbocycles. The van der Waals surface area contributed by atoms with Crippen LogP contribution in [0, 0.1) is 0 Å². The Hall–Kier alpha value is -13.1. The summed E-state index contributed by atoms with van der Waals surface area (Å²) in [6, 6.07) is 135. The molecule has 22 aromatic rings. The standard InChI is InChI=1S/C104H62O2S3/c105-109(106,93-61-69(101-83-49-25-17-41-75(83)97(65-33-9-3-10-34-65)76-42-18-26-50-84(76)101)59-91-103(93)87-55-53-67(57-89(87)107-91)99-79-45-21-13-37-71(79)95(63-29-5-1-6-30-63)72-38-14-22-46-80(72)99)94-62-70(102-85-51-27-19-43-77(85)98(66-35-11-4-12-36-66)78-44-20-28-52-86(78)102)60-92-104(94)88-56-54-68(58-90(88)108-92)100-81-47-23-15-39-73(81)96(64-31-7-2-8-32-64)74-40-16-24-48-82(74)100/h1-62H. The smallest absolute Gasteiger partial charge is 0.207 e. The average Bonchev–Trinajstić information content (AvgIpc) is 1.64. The van der Waals surface area contributed by atoms with Crippen molar-refractivity contribution in [3.63, 3.8) is 0 Å². The third kappa shape index (κ3) is 9.81. The Morgan fingerprint density at radius 3 is 0.560 bits per heavy atom. The van der Waals surface area contributed by atoms with Crippen molar-refractivity contribution in [3.05, 3.63) is 376 Å². The van der Waals surface area contributed by atoms with Crippen molar-refractivity contribution in [1.82, 2.24) is 0 Å². The molecule has 2 aromatic heterocycles. The highest BCUT2D eigenvalue weighted by atomic mass is 32.2.